The van der Waals surface area contributed by atoms with Gasteiger partial charge in [0.15, 0.2) is 0 Å². The highest BCUT2D eigenvalue weighted by Gasteiger charge is 2.04. The number of ether oxygens (including phenoxy) is 3. The summed E-state index contributed by atoms with van der Waals surface area (Å²) >= 11 is 5.98. The van der Waals surface area contributed by atoms with E-state index in [2.05, 4.69) is 10.5 Å². The molecule has 0 saturated carbocycles. The molecule has 3 N–H and O–H groups in total. The average molecular weight is 378 g/mol. The minimum atomic E-state index is -0.750. The summed E-state index contributed by atoms with van der Waals surface area (Å²) in [6, 6.07) is 11.8. The Bertz CT molecular complexity index is 768. The average Bonchev–Trinajstić information content (AvgIpc) is 2.63. The standard InChI is InChI=1S/C18H20ClN3O4/c1-24-15-4-2-5-16(11-15)25-8-3-9-26-17-7-6-14(19)10-13(17)12-21-22-18(20)23/h2,4-7,10-12H,3,8-9H2,1H3,(H3,20,22,23)/b21-12+. The van der Waals surface area contributed by atoms with Gasteiger partial charge in [-0.2, -0.15) is 5.10 Å². The number of nitrogens with two attached hydrogens (primary N) is 1. The van der Waals surface area contributed by atoms with Gasteiger partial charge in [-0.05, 0) is 30.3 Å². The Morgan fingerprint density at radius 1 is 1.19 bits per heavy atom. The molecule has 0 radical (unpaired) electrons. The molecule has 0 saturated heterocycles. The molecule has 2 aromatic carbocycles. The molecule has 2 amide bonds. The van der Waals surface area contributed by atoms with Gasteiger partial charge in [0, 0.05) is 23.1 Å². The SMILES string of the molecule is COc1cccc(OCCCOc2ccc(Cl)cc2/C=N/NC(N)=O)c1. The smallest absolute Gasteiger partial charge is 0.332 e. The van der Waals surface area contributed by atoms with E-state index in [-0.39, 0.29) is 0 Å². The first-order valence-corrected chi connectivity index (χ1v) is 8.24. The number of rotatable bonds is 9. The summed E-state index contributed by atoms with van der Waals surface area (Å²) < 4.78 is 16.5. The van der Waals surface area contributed by atoms with Gasteiger partial charge in [-0.1, -0.05) is 17.7 Å². The third kappa shape index (κ3) is 6.52. The number of primary amides is 1. The van der Waals surface area contributed by atoms with Crippen LogP contribution in [0.4, 0.5) is 4.79 Å². The molecule has 0 bridgehead atoms. The van der Waals surface area contributed by atoms with Crippen LogP contribution >= 0.6 is 11.6 Å². The summed E-state index contributed by atoms with van der Waals surface area (Å²) in [6.07, 6.45) is 2.09. The van der Waals surface area contributed by atoms with Crippen molar-refractivity contribution in [3.63, 3.8) is 0 Å². The van der Waals surface area contributed by atoms with Crippen LogP contribution in [-0.2, 0) is 0 Å². The van der Waals surface area contributed by atoms with Crippen molar-refractivity contribution in [1.82, 2.24) is 5.43 Å². The van der Waals surface area contributed by atoms with Gasteiger partial charge in [0.2, 0.25) is 0 Å². The number of hydrogen-bond acceptors (Lipinski definition) is 5. The van der Waals surface area contributed by atoms with E-state index in [4.69, 9.17) is 31.5 Å². The van der Waals surface area contributed by atoms with Crippen LogP contribution < -0.4 is 25.4 Å². The zero-order chi connectivity index (χ0) is 18.8. The fraction of sp³-hybridized carbons (Fsp3) is 0.222. The third-order valence-corrected chi connectivity index (χ3v) is 3.44. The highest BCUT2D eigenvalue weighted by Crippen LogP contribution is 2.22. The number of nitrogens with zero attached hydrogens (tertiary/aromatic N) is 1. The van der Waals surface area contributed by atoms with Crippen LogP contribution in [0.25, 0.3) is 0 Å². The summed E-state index contributed by atoms with van der Waals surface area (Å²) in [4.78, 5) is 10.7. The van der Waals surface area contributed by atoms with Gasteiger partial charge in [-0.3, -0.25) is 0 Å². The van der Waals surface area contributed by atoms with Crippen molar-refractivity contribution in [3.8, 4) is 17.2 Å². The van der Waals surface area contributed by atoms with Crippen molar-refractivity contribution in [1.29, 1.82) is 0 Å². The fourth-order valence-corrected chi connectivity index (χ4v) is 2.22. The number of urea groups is 1. The van der Waals surface area contributed by atoms with E-state index >= 15 is 0 Å². The molecule has 7 nitrogen and oxygen atoms in total. The summed E-state index contributed by atoms with van der Waals surface area (Å²) in [5.74, 6) is 2.07. The molecule has 138 valence electrons. The molecular formula is C18H20ClN3O4. The molecule has 0 aliphatic carbocycles. The fourth-order valence-electron chi connectivity index (χ4n) is 2.04. The highest BCUT2D eigenvalue weighted by molar-refractivity contribution is 6.30. The molecule has 0 aliphatic heterocycles. The van der Waals surface area contributed by atoms with Gasteiger partial charge in [0.25, 0.3) is 0 Å². The number of carbonyl (C=O) groups is 1. The van der Waals surface area contributed by atoms with Crippen molar-refractivity contribution in [2.24, 2.45) is 10.8 Å². The molecular weight excluding hydrogens is 358 g/mol. The molecule has 26 heavy (non-hydrogen) atoms. The van der Waals surface area contributed by atoms with E-state index in [1.54, 1.807) is 25.3 Å². The predicted octanol–water partition coefficient (Wildman–Crippen LogP) is 3.20. The van der Waals surface area contributed by atoms with E-state index < -0.39 is 6.03 Å². The molecule has 0 fully saturated rings. The predicted molar refractivity (Wildman–Crippen MR) is 100 cm³/mol. The van der Waals surface area contributed by atoms with E-state index in [9.17, 15) is 4.79 Å². The van der Waals surface area contributed by atoms with Gasteiger partial charge in [-0.25, -0.2) is 10.2 Å². The number of methoxy groups -OCH3 is 1. The zero-order valence-electron chi connectivity index (χ0n) is 14.3. The molecule has 2 rings (SSSR count). The largest absolute Gasteiger partial charge is 0.497 e. The highest BCUT2D eigenvalue weighted by atomic mass is 35.5. The van der Waals surface area contributed by atoms with Crippen LogP contribution in [0.3, 0.4) is 0 Å². The second-order valence-electron chi connectivity index (χ2n) is 5.15. The number of hydrazone groups is 1. The maximum absolute atomic E-state index is 10.7. The summed E-state index contributed by atoms with van der Waals surface area (Å²) in [5.41, 5.74) is 7.71. The first kappa shape index (κ1) is 19.4. The molecule has 0 atom stereocenters. The van der Waals surface area contributed by atoms with E-state index in [0.717, 1.165) is 11.5 Å². The van der Waals surface area contributed by atoms with Crippen molar-refractivity contribution < 1.29 is 19.0 Å². The second-order valence-corrected chi connectivity index (χ2v) is 5.58. The lowest BCUT2D eigenvalue weighted by Crippen LogP contribution is -2.24. The monoisotopic (exact) mass is 377 g/mol. The molecule has 2 aromatic rings. The number of halogens is 1. The Morgan fingerprint density at radius 2 is 1.96 bits per heavy atom. The maximum atomic E-state index is 10.7. The van der Waals surface area contributed by atoms with Crippen LogP contribution in [0.1, 0.15) is 12.0 Å². The molecule has 0 aromatic heterocycles. The maximum Gasteiger partial charge on any atom is 0.332 e. The summed E-state index contributed by atoms with van der Waals surface area (Å²) in [6.45, 7) is 0.934. The number of benzene rings is 2. The van der Waals surface area contributed by atoms with Gasteiger partial charge in [0.1, 0.15) is 17.2 Å². The van der Waals surface area contributed by atoms with Crippen molar-refractivity contribution >= 4 is 23.8 Å². The normalized spacial score (nSPS) is 10.5. The first-order valence-electron chi connectivity index (χ1n) is 7.86. The minimum Gasteiger partial charge on any atom is -0.497 e. The molecule has 0 aliphatic rings. The quantitative estimate of drug-likeness (QED) is 0.398. The van der Waals surface area contributed by atoms with Crippen LogP contribution in [0, 0.1) is 0 Å². The Morgan fingerprint density at radius 3 is 2.73 bits per heavy atom. The lowest BCUT2D eigenvalue weighted by atomic mass is 10.2. The number of nitrogens with one attached hydrogen (secondary N) is 1. The topological polar surface area (TPSA) is 95.2 Å². The van der Waals surface area contributed by atoms with E-state index in [0.29, 0.717) is 36.0 Å². The number of hydrogen-bond donors (Lipinski definition) is 2. The van der Waals surface area contributed by atoms with Gasteiger partial charge in [-0.15, -0.1) is 0 Å². The molecule has 0 heterocycles. The minimum absolute atomic E-state index is 0.440. The Labute approximate surface area is 156 Å². The molecule has 0 spiro atoms. The van der Waals surface area contributed by atoms with Gasteiger partial charge in [0.05, 0.1) is 26.5 Å². The van der Waals surface area contributed by atoms with Gasteiger partial charge < -0.3 is 19.9 Å². The van der Waals surface area contributed by atoms with Crippen molar-refractivity contribution in [3.05, 3.63) is 53.1 Å². The second kappa shape index (κ2) is 10.1. The summed E-state index contributed by atoms with van der Waals surface area (Å²) in [7, 11) is 1.61. The van der Waals surface area contributed by atoms with Crippen LogP contribution in [0.2, 0.25) is 5.02 Å². The summed E-state index contributed by atoms with van der Waals surface area (Å²) in [5, 5.41) is 4.25. The number of amides is 2. The van der Waals surface area contributed by atoms with Crippen LogP contribution in [-0.4, -0.2) is 32.6 Å². The zero-order valence-corrected chi connectivity index (χ0v) is 15.0. The van der Waals surface area contributed by atoms with Crippen LogP contribution in [0.5, 0.6) is 17.2 Å². The Kier molecular flexibility index (Phi) is 7.57. The van der Waals surface area contributed by atoms with Crippen molar-refractivity contribution in [2.75, 3.05) is 20.3 Å². The first-order chi connectivity index (χ1) is 12.6. The molecule has 8 heteroatoms. The van der Waals surface area contributed by atoms with Crippen molar-refractivity contribution in [2.45, 2.75) is 6.42 Å². The Hall–Kier alpha value is -2.93. The Balaban J connectivity index is 1.83. The van der Waals surface area contributed by atoms with Gasteiger partial charge >= 0.3 is 6.03 Å². The third-order valence-electron chi connectivity index (χ3n) is 3.21. The van der Waals surface area contributed by atoms with E-state index in [1.165, 1.54) is 6.21 Å². The van der Waals surface area contributed by atoms with Crippen LogP contribution in [0.15, 0.2) is 47.6 Å². The van der Waals surface area contributed by atoms with E-state index in [1.807, 2.05) is 24.3 Å². The molecule has 0 unspecified atom stereocenters. The lowest BCUT2D eigenvalue weighted by Gasteiger charge is -2.11. The lowest BCUT2D eigenvalue weighted by molar-refractivity contribution is 0.246. The number of carbonyl (C=O) groups excluding carboxylic acids is 1.